The van der Waals surface area contributed by atoms with Crippen molar-refractivity contribution in [2.24, 2.45) is 0 Å². The summed E-state index contributed by atoms with van der Waals surface area (Å²) < 4.78 is 5.26. The molecule has 0 aliphatic heterocycles. The molecule has 1 aliphatic rings. The molecule has 0 radical (unpaired) electrons. The summed E-state index contributed by atoms with van der Waals surface area (Å²) in [5, 5.41) is 6.58. The van der Waals surface area contributed by atoms with E-state index < -0.39 is 0 Å². The van der Waals surface area contributed by atoms with Crippen LogP contribution in [0.25, 0.3) is 10.2 Å². The highest BCUT2D eigenvalue weighted by molar-refractivity contribution is 7.20. The fourth-order valence-electron chi connectivity index (χ4n) is 3.36. The molecule has 1 fully saturated rings. The maximum absolute atomic E-state index is 13.0. The van der Waals surface area contributed by atoms with Gasteiger partial charge in [-0.3, -0.25) is 9.59 Å². The molecule has 0 unspecified atom stereocenters. The Balaban J connectivity index is 1.65. The zero-order chi connectivity index (χ0) is 20.7. The summed E-state index contributed by atoms with van der Waals surface area (Å²) in [7, 11) is 1.53. The summed E-state index contributed by atoms with van der Waals surface area (Å²) in [6.45, 7) is 5.32. The van der Waals surface area contributed by atoms with Crippen LogP contribution in [0.15, 0.2) is 18.2 Å². The largest absolute Gasteiger partial charge is 0.495 e. The minimum Gasteiger partial charge on any atom is -0.495 e. The number of rotatable bonds is 5. The van der Waals surface area contributed by atoms with Crippen molar-refractivity contribution in [3.63, 3.8) is 0 Å². The number of carbonyl (C=O) groups excluding carboxylic acids is 2. The Morgan fingerprint density at radius 3 is 2.59 bits per heavy atom. The van der Waals surface area contributed by atoms with Crippen molar-refractivity contribution in [2.45, 2.75) is 39.5 Å². The number of benzene rings is 1. The summed E-state index contributed by atoms with van der Waals surface area (Å²) in [5.74, 6) is 1.45. The number of amides is 2. The number of thiophene rings is 1. The first kappa shape index (κ1) is 19.3. The molecule has 7 nitrogen and oxygen atoms in total. The number of nitrogens with zero attached hydrogens (tertiary/aromatic N) is 2. The Morgan fingerprint density at radius 2 is 1.93 bits per heavy atom. The highest BCUT2D eigenvalue weighted by atomic mass is 32.1. The number of nitrogens with one attached hydrogen (secondary N) is 2. The second kappa shape index (κ2) is 7.44. The molecule has 0 spiro atoms. The van der Waals surface area contributed by atoms with Gasteiger partial charge in [0, 0.05) is 23.9 Å². The molecule has 150 valence electrons. The molecule has 3 aromatic rings. The summed E-state index contributed by atoms with van der Waals surface area (Å²) >= 11 is 1.39. The van der Waals surface area contributed by atoms with Crippen molar-refractivity contribution in [3.8, 4) is 5.75 Å². The Morgan fingerprint density at radius 1 is 1.17 bits per heavy atom. The van der Waals surface area contributed by atoms with Gasteiger partial charge < -0.3 is 15.4 Å². The standard InChI is InChI=1S/C21H22N4O3S/c1-10-17-11(2)22-19(13-5-6-13)25-21(17)29-18(10)20(27)24-14-7-8-16(28-4)15(9-14)23-12(3)26/h7-9,13H,5-6H2,1-4H3,(H,23,26)(H,24,27). The number of hydrogen-bond donors (Lipinski definition) is 2. The molecule has 2 N–H and O–H groups in total. The van der Waals surface area contributed by atoms with Gasteiger partial charge in [0.15, 0.2) is 0 Å². The third kappa shape index (κ3) is 3.80. The number of aromatic nitrogens is 2. The van der Waals surface area contributed by atoms with Gasteiger partial charge in [0.25, 0.3) is 5.91 Å². The smallest absolute Gasteiger partial charge is 0.266 e. The first-order valence-corrected chi connectivity index (χ1v) is 10.2. The molecule has 1 aromatic carbocycles. The third-order valence-corrected chi connectivity index (χ3v) is 6.09. The maximum atomic E-state index is 13.0. The predicted octanol–water partition coefficient (Wildman–Crippen LogP) is 4.40. The monoisotopic (exact) mass is 410 g/mol. The average Bonchev–Trinajstić information content (AvgIpc) is 3.45. The molecule has 29 heavy (non-hydrogen) atoms. The van der Waals surface area contributed by atoms with Gasteiger partial charge >= 0.3 is 0 Å². The maximum Gasteiger partial charge on any atom is 0.266 e. The van der Waals surface area contributed by atoms with E-state index in [1.54, 1.807) is 18.2 Å². The van der Waals surface area contributed by atoms with Gasteiger partial charge in [0.05, 0.1) is 23.4 Å². The molecule has 4 rings (SSSR count). The molecule has 2 amide bonds. The van der Waals surface area contributed by atoms with Gasteiger partial charge in [-0.25, -0.2) is 9.97 Å². The molecule has 2 heterocycles. The zero-order valence-corrected chi connectivity index (χ0v) is 17.6. The number of anilines is 2. The van der Waals surface area contributed by atoms with E-state index in [1.807, 2.05) is 13.8 Å². The normalized spacial score (nSPS) is 13.4. The van der Waals surface area contributed by atoms with Crippen LogP contribution in [0.1, 0.15) is 52.4 Å². The summed E-state index contributed by atoms with van der Waals surface area (Å²) in [4.78, 5) is 35.2. The first-order chi connectivity index (χ1) is 13.9. The van der Waals surface area contributed by atoms with Crippen molar-refractivity contribution in [3.05, 3.63) is 40.2 Å². The number of methoxy groups -OCH3 is 1. The van der Waals surface area contributed by atoms with E-state index in [1.165, 1.54) is 25.4 Å². The van der Waals surface area contributed by atoms with Crippen LogP contribution in [0.2, 0.25) is 0 Å². The quantitative estimate of drug-likeness (QED) is 0.650. The Hall–Kier alpha value is -3.00. The second-order valence-corrected chi connectivity index (χ2v) is 8.23. The average molecular weight is 410 g/mol. The van der Waals surface area contributed by atoms with Crippen LogP contribution in [0.4, 0.5) is 11.4 Å². The van der Waals surface area contributed by atoms with Crippen molar-refractivity contribution in [1.82, 2.24) is 9.97 Å². The van der Waals surface area contributed by atoms with Crippen LogP contribution in [0.3, 0.4) is 0 Å². The Labute approximate surface area is 172 Å². The third-order valence-electron chi connectivity index (χ3n) is 4.91. The van der Waals surface area contributed by atoms with Crippen LogP contribution < -0.4 is 15.4 Å². The lowest BCUT2D eigenvalue weighted by molar-refractivity contribution is -0.114. The lowest BCUT2D eigenvalue weighted by Gasteiger charge is -2.11. The van der Waals surface area contributed by atoms with Crippen LogP contribution in [-0.2, 0) is 4.79 Å². The minimum atomic E-state index is -0.215. The molecule has 0 bridgehead atoms. The highest BCUT2D eigenvalue weighted by Gasteiger charge is 2.28. The summed E-state index contributed by atoms with van der Waals surface area (Å²) in [6.07, 6.45) is 2.27. The van der Waals surface area contributed by atoms with Crippen LogP contribution in [0.5, 0.6) is 5.75 Å². The molecule has 8 heteroatoms. The molecule has 1 aliphatic carbocycles. The predicted molar refractivity (Wildman–Crippen MR) is 114 cm³/mol. The van der Waals surface area contributed by atoms with Gasteiger partial charge in [-0.2, -0.15) is 0 Å². The molecular weight excluding hydrogens is 388 g/mol. The molecule has 0 atom stereocenters. The first-order valence-electron chi connectivity index (χ1n) is 9.42. The minimum absolute atomic E-state index is 0.211. The van der Waals surface area contributed by atoms with E-state index in [9.17, 15) is 9.59 Å². The van der Waals surface area contributed by atoms with Crippen molar-refractivity contribution in [2.75, 3.05) is 17.7 Å². The fraction of sp³-hybridized carbons (Fsp3) is 0.333. The molecule has 1 saturated carbocycles. The summed E-state index contributed by atoms with van der Waals surface area (Å²) in [5.41, 5.74) is 2.87. The van der Waals surface area contributed by atoms with E-state index in [0.29, 0.717) is 27.9 Å². The zero-order valence-electron chi connectivity index (χ0n) is 16.8. The number of hydrogen-bond acceptors (Lipinski definition) is 6. The topological polar surface area (TPSA) is 93.2 Å². The van der Waals surface area contributed by atoms with Gasteiger partial charge in [-0.15, -0.1) is 11.3 Å². The van der Waals surface area contributed by atoms with Crippen LogP contribution >= 0.6 is 11.3 Å². The number of fused-ring (bicyclic) bond motifs is 1. The number of ether oxygens (including phenoxy) is 1. The van der Waals surface area contributed by atoms with E-state index in [0.717, 1.165) is 40.1 Å². The molecular formula is C21H22N4O3S. The van der Waals surface area contributed by atoms with Crippen LogP contribution in [-0.4, -0.2) is 28.9 Å². The van der Waals surface area contributed by atoms with E-state index in [2.05, 4.69) is 15.6 Å². The number of aryl methyl sites for hydroxylation is 2. The fourth-order valence-corrected chi connectivity index (χ4v) is 4.50. The summed E-state index contributed by atoms with van der Waals surface area (Å²) in [6, 6.07) is 5.12. The van der Waals surface area contributed by atoms with Gasteiger partial charge in [0.1, 0.15) is 16.4 Å². The lowest BCUT2D eigenvalue weighted by Crippen LogP contribution is -2.12. The Kier molecular flexibility index (Phi) is 4.96. The number of carbonyl (C=O) groups is 2. The highest BCUT2D eigenvalue weighted by Crippen LogP contribution is 2.40. The van der Waals surface area contributed by atoms with E-state index >= 15 is 0 Å². The van der Waals surface area contributed by atoms with Gasteiger partial charge in [-0.1, -0.05) is 0 Å². The van der Waals surface area contributed by atoms with Crippen molar-refractivity contribution in [1.29, 1.82) is 0 Å². The van der Waals surface area contributed by atoms with Gasteiger partial charge in [-0.05, 0) is 50.5 Å². The SMILES string of the molecule is COc1ccc(NC(=O)c2sc3nc(C4CC4)nc(C)c3c2C)cc1NC(C)=O. The molecule has 2 aromatic heterocycles. The van der Waals surface area contributed by atoms with Crippen molar-refractivity contribution < 1.29 is 14.3 Å². The van der Waals surface area contributed by atoms with E-state index in [-0.39, 0.29) is 11.8 Å². The second-order valence-electron chi connectivity index (χ2n) is 7.23. The Bertz CT molecular complexity index is 1130. The van der Waals surface area contributed by atoms with Gasteiger partial charge in [0.2, 0.25) is 5.91 Å². The molecule has 0 saturated heterocycles. The lowest BCUT2D eigenvalue weighted by atomic mass is 10.1. The van der Waals surface area contributed by atoms with Crippen LogP contribution in [0, 0.1) is 13.8 Å². The van der Waals surface area contributed by atoms with E-state index in [4.69, 9.17) is 9.72 Å². The van der Waals surface area contributed by atoms with Crippen molar-refractivity contribution >= 4 is 44.7 Å².